The molecule has 0 aliphatic rings. The second kappa shape index (κ2) is 9.47. The van der Waals surface area contributed by atoms with Crippen LogP contribution in [0, 0.1) is 0 Å². The minimum absolute atomic E-state index is 0.0471. The summed E-state index contributed by atoms with van der Waals surface area (Å²) in [5.74, 6) is -0.746. The first-order chi connectivity index (χ1) is 14.5. The SMILES string of the molecule is CN=CC(=CN)C(C)Nc1c(Nc2ccc(Cl)c(S(=O)(=O)N(C)OC)c2O)c(=O)c1=O. The molecule has 0 heterocycles. The smallest absolute Gasteiger partial charge is 0.269 e. The molecule has 0 fully saturated rings. The maximum absolute atomic E-state index is 12.6. The first-order valence-corrected chi connectivity index (χ1v) is 10.6. The van der Waals surface area contributed by atoms with Crippen LogP contribution in [-0.2, 0) is 14.9 Å². The number of aliphatic imine (C=N–C) groups is 1. The number of phenolic OH excluding ortho intramolecular Hbond substituents is 1. The van der Waals surface area contributed by atoms with Gasteiger partial charge < -0.3 is 21.5 Å². The van der Waals surface area contributed by atoms with Gasteiger partial charge >= 0.3 is 0 Å². The molecule has 1 atom stereocenters. The molecule has 31 heavy (non-hydrogen) atoms. The molecule has 5 N–H and O–H groups in total. The first-order valence-electron chi connectivity index (χ1n) is 8.76. The Bertz CT molecular complexity index is 1220. The van der Waals surface area contributed by atoms with Crippen LogP contribution < -0.4 is 27.2 Å². The predicted octanol–water partition coefficient (Wildman–Crippen LogP) is 0.911. The molecule has 1 unspecified atom stereocenters. The van der Waals surface area contributed by atoms with Crippen molar-refractivity contribution in [3.05, 3.63) is 49.4 Å². The van der Waals surface area contributed by atoms with Gasteiger partial charge in [0, 0.05) is 32.1 Å². The number of hydroxylamine groups is 1. The zero-order valence-electron chi connectivity index (χ0n) is 17.1. The van der Waals surface area contributed by atoms with Crippen LogP contribution in [0.25, 0.3) is 0 Å². The fraction of sp³-hybridized carbons (Fsp3) is 0.278. The molecule has 2 aromatic rings. The summed E-state index contributed by atoms with van der Waals surface area (Å²) in [5.41, 5.74) is 4.14. The predicted molar refractivity (Wildman–Crippen MR) is 119 cm³/mol. The zero-order chi connectivity index (χ0) is 23.5. The van der Waals surface area contributed by atoms with Gasteiger partial charge in [0.05, 0.1) is 23.9 Å². The number of hydrogen-bond donors (Lipinski definition) is 4. The maximum atomic E-state index is 12.6. The second-order valence-corrected chi connectivity index (χ2v) is 8.60. The minimum atomic E-state index is -4.31. The third-order valence-corrected chi connectivity index (χ3v) is 6.62. The van der Waals surface area contributed by atoms with E-state index in [-0.39, 0.29) is 22.1 Å². The van der Waals surface area contributed by atoms with Crippen molar-refractivity contribution >= 4 is 44.9 Å². The molecule has 0 aliphatic heterocycles. The molecule has 2 aromatic carbocycles. The summed E-state index contributed by atoms with van der Waals surface area (Å²) in [5, 5.41) is 15.7. The molecular weight excluding hydrogens is 450 g/mol. The van der Waals surface area contributed by atoms with Crippen molar-refractivity contribution in [3.63, 3.8) is 0 Å². The normalized spacial score (nSPS) is 13.8. The first kappa shape index (κ1) is 24.3. The highest BCUT2D eigenvalue weighted by atomic mass is 35.5. The number of aromatic hydroxyl groups is 1. The lowest BCUT2D eigenvalue weighted by Gasteiger charge is -2.21. The Balaban J connectivity index is 2.46. The number of nitrogens with two attached hydrogens (primary N) is 1. The Morgan fingerprint density at radius 2 is 1.94 bits per heavy atom. The summed E-state index contributed by atoms with van der Waals surface area (Å²) in [6.07, 6.45) is 2.79. The third kappa shape index (κ3) is 4.56. The lowest BCUT2D eigenvalue weighted by atomic mass is 10.1. The van der Waals surface area contributed by atoms with Crippen LogP contribution in [0.2, 0.25) is 5.02 Å². The number of phenols is 1. The fourth-order valence-electron chi connectivity index (χ4n) is 2.65. The van der Waals surface area contributed by atoms with Crippen LogP contribution in [0.5, 0.6) is 5.75 Å². The van der Waals surface area contributed by atoms with E-state index in [1.165, 1.54) is 24.5 Å². The third-order valence-electron chi connectivity index (χ3n) is 4.44. The van der Waals surface area contributed by atoms with Gasteiger partial charge in [0.25, 0.3) is 20.9 Å². The van der Waals surface area contributed by atoms with Crippen molar-refractivity contribution in [2.45, 2.75) is 17.9 Å². The molecule has 13 heteroatoms. The summed E-state index contributed by atoms with van der Waals surface area (Å²) in [4.78, 5) is 32.1. The summed E-state index contributed by atoms with van der Waals surface area (Å²) < 4.78 is 25.7. The molecule has 0 aromatic heterocycles. The monoisotopic (exact) mass is 471 g/mol. The van der Waals surface area contributed by atoms with Gasteiger partial charge in [-0.2, -0.15) is 0 Å². The molecule has 11 nitrogen and oxygen atoms in total. The van der Waals surface area contributed by atoms with Crippen molar-refractivity contribution in [2.24, 2.45) is 10.7 Å². The molecule has 0 amide bonds. The van der Waals surface area contributed by atoms with Gasteiger partial charge in [-0.1, -0.05) is 16.1 Å². The highest BCUT2D eigenvalue weighted by molar-refractivity contribution is 7.89. The van der Waals surface area contributed by atoms with Crippen molar-refractivity contribution in [1.29, 1.82) is 0 Å². The highest BCUT2D eigenvalue weighted by Crippen LogP contribution is 2.39. The van der Waals surface area contributed by atoms with E-state index in [4.69, 9.17) is 17.3 Å². The van der Waals surface area contributed by atoms with E-state index >= 15 is 0 Å². The number of nitrogens with zero attached hydrogens (tertiary/aromatic N) is 2. The standard InChI is InChI=1S/C18H22ClN5O6S/c1-9(10(7-20)8-21-2)22-13-14(17(27)16(13)26)23-12-6-5-11(19)18(15(12)25)31(28,29)24(3)30-4/h5-9,22-23,25H,20H2,1-4H3. The Morgan fingerprint density at radius 1 is 1.32 bits per heavy atom. The van der Waals surface area contributed by atoms with E-state index in [0.29, 0.717) is 10.0 Å². The Hall–Kier alpha value is -2.93. The Morgan fingerprint density at radius 3 is 2.48 bits per heavy atom. The van der Waals surface area contributed by atoms with Gasteiger partial charge in [-0.3, -0.25) is 19.4 Å². The average molecular weight is 472 g/mol. The molecule has 168 valence electrons. The van der Waals surface area contributed by atoms with Crippen molar-refractivity contribution < 1.29 is 18.4 Å². The number of halogens is 1. The number of sulfonamides is 1. The number of anilines is 3. The van der Waals surface area contributed by atoms with E-state index in [1.54, 1.807) is 14.0 Å². The van der Waals surface area contributed by atoms with Crippen LogP contribution >= 0.6 is 11.6 Å². The van der Waals surface area contributed by atoms with Gasteiger partial charge in [0.1, 0.15) is 16.3 Å². The van der Waals surface area contributed by atoms with Gasteiger partial charge in [0.2, 0.25) is 0 Å². The fourth-order valence-corrected chi connectivity index (χ4v) is 4.22. The van der Waals surface area contributed by atoms with Crippen LogP contribution in [0.1, 0.15) is 6.92 Å². The largest absolute Gasteiger partial charge is 0.504 e. The Labute approximate surface area is 183 Å². The molecule has 0 saturated heterocycles. The topological polar surface area (TPSA) is 163 Å². The zero-order valence-corrected chi connectivity index (χ0v) is 18.7. The molecule has 0 aliphatic carbocycles. The van der Waals surface area contributed by atoms with E-state index < -0.39 is 37.6 Å². The quantitative estimate of drug-likeness (QED) is 0.180. The number of nitrogens with one attached hydrogen (secondary N) is 2. The number of benzene rings is 1. The Kier molecular flexibility index (Phi) is 7.44. The lowest BCUT2D eigenvalue weighted by molar-refractivity contribution is -0.0259. The maximum Gasteiger partial charge on any atom is 0.269 e. The molecule has 0 spiro atoms. The van der Waals surface area contributed by atoms with Crippen LogP contribution in [0.3, 0.4) is 0 Å². The number of hydrogen-bond acceptors (Lipinski definition) is 10. The van der Waals surface area contributed by atoms with Crippen LogP contribution in [-0.4, -0.2) is 51.5 Å². The van der Waals surface area contributed by atoms with Crippen LogP contribution in [0.4, 0.5) is 17.1 Å². The second-order valence-electron chi connectivity index (χ2n) is 6.32. The summed E-state index contributed by atoms with van der Waals surface area (Å²) in [6, 6.07) is 2.01. The van der Waals surface area contributed by atoms with E-state index in [2.05, 4.69) is 20.5 Å². The van der Waals surface area contributed by atoms with Gasteiger partial charge in [0.15, 0.2) is 5.75 Å². The van der Waals surface area contributed by atoms with E-state index in [1.807, 2.05) is 0 Å². The van der Waals surface area contributed by atoms with Gasteiger partial charge in [-0.05, 0) is 19.1 Å². The van der Waals surface area contributed by atoms with E-state index in [0.717, 1.165) is 14.2 Å². The van der Waals surface area contributed by atoms with Crippen molar-refractivity contribution in [3.8, 4) is 5.75 Å². The van der Waals surface area contributed by atoms with E-state index in [9.17, 15) is 23.1 Å². The lowest BCUT2D eigenvalue weighted by Crippen LogP contribution is -2.39. The summed E-state index contributed by atoms with van der Waals surface area (Å²) in [6.45, 7) is 1.70. The highest BCUT2D eigenvalue weighted by Gasteiger charge is 2.31. The average Bonchev–Trinajstić information content (AvgIpc) is 2.74. The van der Waals surface area contributed by atoms with Gasteiger partial charge in [-0.15, -0.1) is 0 Å². The molecule has 0 radical (unpaired) electrons. The molecule has 0 saturated carbocycles. The van der Waals surface area contributed by atoms with Crippen molar-refractivity contribution in [1.82, 2.24) is 4.47 Å². The summed E-state index contributed by atoms with van der Waals surface area (Å²) >= 11 is 5.98. The van der Waals surface area contributed by atoms with Gasteiger partial charge in [-0.25, -0.2) is 8.42 Å². The minimum Gasteiger partial charge on any atom is -0.504 e. The molecule has 2 rings (SSSR count). The molecule has 0 bridgehead atoms. The van der Waals surface area contributed by atoms with Crippen molar-refractivity contribution in [2.75, 3.05) is 31.8 Å². The molecular formula is C18H22ClN5O6S. The number of rotatable bonds is 9. The summed E-state index contributed by atoms with van der Waals surface area (Å²) in [7, 11) is -0.509. The van der Waals surface area contributed by atoms with Crippen LogP contribution in [0.15, 0.2) is 43.4 Å².